The molecule has 0 aliphatic heterocycles. The van der Waals surface area contributed by atoms with E-state index in [1.54, 1.807) is 0 Å². The molecule has 0 saturated heterocycles. The van der Waals surface area contributed by atoms with Gasteiger partial charge < -0.3 is 4.74 Å². The second-order valence-electron chi connectivity index (χ2n) is 7.43. The van der Waals surface area contributed by atoms with Crippen LogP contribution in [0.25, 0.3) is 21.5 Å². The van der Waals surface area contributed by atoms with Gasteiger partial charge in [-0.05, 0) is 57.5 Å². The van der Waals surface area contributed by atoms with Gasteiger partial charge in [-0.15, -0.1) is 0 Å². The molecule has 0 aromatic heterocycles. The van der Waals surface area contributed by atoms with Gasteiger partial charge in [0.25, 0.3) is 0 Å². The predicted octanol–water partition coefficient (Wildman–Crippen LogP) is 6.00. The lowest BCUT2D eigenvalue weighted by molar-refractivity contribution is -0.140. The fraction of sp³-hybridized carbons (Fsp3) is 0.348. The van der Waals surface area contributed by atoms with Crippen LogP contribution in [0.5, 0.6) is 0 Å². The fourth-order valence-electron chi connectivity index (χ4n) is 3.44. The summed E-state index contributed by atoms with van der Waals surface area (Å²) in [5, 5.41) is 5.13. The highest BCUT2D eigenvalue weighted by Gasteiger charge is 2.20. The van der Waals surface area contributed by atoms with Crippen LogP contribution in [-0.4, -0.2) is 13.1 Å². The van der Waals surface area contributed by atoms with Crippen molar-refractivity contribution in [2.24, 2.45) is 0 Å². The molecule has 130 valence electrons. The SMILES string of the molecule is COC(=O)CCCCC(C)(C)c1ccc2cc3ccccc3cc2c1. The van der Waals surface area contributed by atoms with Gasteiger partial charge >= 0.3 is 5.97 Å². The molecule has 0 saturated carbocycles. The van der Waals surface area contributed by atoms with Gasteiger partial charge in [-0.2, -0.15) is 0 Å². The van der Waals surface area contributed by atoms with Crippen molar-refractivity contribution in [2.75, 3.05) is 7.11 Å². The fourth-order valence-corrected chi connectivity index (χ4v) is 3.44. The molecule has 0 amide bonds. The van der Waals surface area contributed by atoms with Crippen molar-refractivity contribution in [2.45, 2.75) is 44.9 Å². The maximum atomic E-state index is 11.2. The second kappa shape index (κ2) is 7.26. The van der Waals surface area contributed by atoms with Crippen LogP contribution in [0.4, 0.5) is 0 Å². The Bertz CT molecular complexity index is 893. The molecular formula is C23H26O2. The number of rotatable bonds is 6. The summed E-state index contributed by atoms with van der Waals surface area (Å²) in [5.74, 6) is -0.115. The minimum Gasteiger partial charge on any atom is -0.469 e. The lowest BCUT2D eigenvalue weighted by atomic mass is 9.79. The van der Waals surface area contributed by atoms with E-state index < -0.39 is 0 Å². The summed E-state index contributed by atoms with van der Waals surface area (Å²) in [7, 11) is 1.45. The van der Waals surface area contributed by atoms with Crippen LogP contribution in [-0.2, 0) is 14.9 Å². The first kappa shape index (κ1) is 17.5. The van der Waals surface area contributed by atoms with Crippen LogP contribution in [0.2, 0.25) is 0 Å². The molecule has 3 aromatic carbocycles. The Morgan fingerprint density at radius 1 is 0.880 bits per heavy atom. The van der Waals surface area contributed by atoms with E-state index in [4.69, 9.17) is 4.74 Å². The molecule has 0 unspecified atom stereocenters. The van der Waals surface area contributed by atoms with Gasteiger partial charge in [0.1, 0.15) is 0 Å². The summed E-state index contributed by atoms with van der Waals surface area (Å²) in [6.07, 6.45) is 3.48. The summed E-state index contributed by atoms with van der Waals surface area (Å²) in [5.41, 5.74) is 1.45. The Hall–Kier alpha value is -2.35. The second-order valence-corrected chi connectivity index (χ2v) is 7.43. The van der Waals surface area contributed by atoms with E-state index in [-0.39, 0.29) is 11.4 Å². The third-order valence-corrected chi connectivity index (χ3v) is 5.15. The van der Waals surface area contributed by atoms with Crippen LogP contribution in [0.3, 0.4) is 0 Å². The highest BCUT2D eigenvalue weighted by molar-refractivity contribution is 5.98. The number of carbonyl (C=O) groups is 1. The van der Waals surface area contributed by atoms with Crippen molar-refractivity contribution < 1.29 is 9.53 Å². The largest absolute Gasteiger partial charge is 0.469 e. The average Bonchev–Trinajstić information content (AvgIpc) is 2.62. The van der Waals surface area contributed by atoms with Gasteiger partial charge in [-0.1, -0.05) is 62.7 Å². The average molecular weight is 334 g/mol. The lowest BCUT2D eigenvalue weighted by Gasteiger charge is -2.26. The Morgan fingerprint density at radius 3 is 2.20 bits per heavy atom. The van der Waals surface area contributed by atoms with Crippen LogP contribution >= 0.6 is 0 Å². The smallest absolute Gasteiger partial charge is 0.305 e. The number of ether oxygens (including phenoxy) is 1. The quantitative estimate of drug-likeness (QED) is 0.314. The lowest BCUT2D eigenvalue weighted by Crippen LogP contribution is -2.17. The zero-order chi connectivity index (χ0) is 17.9. The van der Waals surface area contributed by atoms with Gasteiger partial charge in [0.05, 0.1) is 7.11 Å². The summed E-state index contributed by atoms with van der Waals surface area (Å²) >= 11 is 0. The van der Waals surface area contributed by atoms with E-state index in [9.17, 15) is 4.79 Å². The van der Waals surface area contributed by atoms with E-state index in [1.165, 1.54) is 34.2 Å². The normalized spacial score (nSPS) is 11.8. The van der Waals surface area contributed by atoms with Gasteiger partial charge in [0, 0.05) is 6.42 Å². The number of hydrogen-bond acceptors (Lipinski definition) is 2. The highest BCUT2D eigenvalue weighted by atomic mass is 16.5. The molecule has 0 N–H and O–H groups in total. The number of benzene rings is 3. The summed E-state index contributed by atoms with van der Waals surface area (Å²) in [6.45, 7) is 4.57. The van der Waals surface area contributed by atoms with Gasteiger partial charge in [-0.3, -0.25) is 4.79 Å². The molecule has 0 aliphatic rings. The van der Waals surface area contributed by atoms with E-state index in [2.05, 4.69) is 68.4 Å². The molecule has 2 heteroatoms. The highest BCUT2D eigenvalue weighted by Crippen LogP contribution is 2.32. The van der Waals surface area contributed by atoms with Crippen LogP contribution < -0.4 is 0 Å². The van der Waals surface area contributed by atoms with Crippen molar-refractivity contribution in [1.82, 2.24) is 0 Å². The molecule has 0 heterocycles. The van der Waals surface area contributed by atoms with Crippen LogP contribution in [0.1, 0.15) is 45.1 Å². The minimum absolute atomic E-state index is 0.0932. The van der Waals surface area contributed by atoms with Crippen molar-refractivity contribution in [3.8, 4) is 0 Å². The number of methoxy groups -OCH3 is 1. The summed E-state index contributed by atoms with van der Waals surface area (Å²) in [6, 6.07) is 19.8. The first-order valence-corrected chi connectivity index (χ1v) is 8.99. The maximum absolute atomic E-state index is 11.2. The molecule has 0 aliphatic carbocycles. The first-order chi connectivity index (χ1) is 12.0. The van der Waals surface area contributed by atoms with E-state index >= 15 is 0 Å². The molecule has 25 heavy (non-hydrogen) atoms. The standard InChI is InChI=1S/C23H26O2/c1-23(2,13-7-6-10-22(24)25-3)21-12-11-19-14-17-8-4-5-9-18(17)15-20(19)16-21/h4-5,8-9,11-12,14-16H,6-7,10,13H2,1-3H3. The van der Waals surface area contributed by atoms with Crippen molar-refractivity contribution >= 4 is 27.5 Å². The number of unbranched alkanes of at least 4 members (excludes halogenated alkanes) is 1. The third-order valence-electron chi connectivity index (χ3n) is 5.15. The number of esters is 1. The third kappa shape index (κ3) is 4.01. The van der Waals surface area contributed by atoms with Crippen molar-refractivity contribution in [3.63, 3.8) is 0 Å². The molecule has 0 atom stereocenters. The Kier molecular flexibility index (Phi) is 5.08. The van der Waals surface area contributed by atoms with Gasteiger partial charge in [0.2, 0.25) is 0 Å². The first-order valence-electron chi connectivity index (χ1n) is 8.99. The Balaban J connectivity index is 1.79. The topological polar surface area (TPSA) is 26.3 Å². The summed E-state index contributed by atoms with van der Waals surface area (Å²) in [4.78, 5) is 11.2. The predicted molar refractivity (Wildman–Crippen MR) is 105 cm³/mol. The molecule has 0 radical (unpaired) electrons. The van der Waals surface area contributed by atoms with Gasteiger partial charge in [0.15, 0.2) is 0 Å². The Labute approximate surface area is 149 Å². The van der Waals surface area contributed by atoms with Crippen molar-refractivity contribution in [1.29, 1.82) is 0 Å². The van der Waals surface area contributed by atoms with Crippen molar-refractivity contribution in [3.05, 3.63) is 60.2 Å². The molecule has 3 rings (SSSR count). The monoisotopic (exact) mass is 334 g/mol. The van der Waals surface area contributed by atoms with E-state index in [1.807, 2.05) is 0 Å². The zero-order valence-electron chi connectivity index (χ0n) is 15.3. The number of hydrogen-bond donors (Lipinski definition) is 0. The molecule has 2 nitrogen and oxygen atoms in total. The van der Waals surface area contributed by atoms with E-state index in [0.29, 0.717) is 6.42 Å². The summed E-state index contributed by atoms with van der Waals surface area (Å²) < 4.78 is 4.71. The molecule has 3 aromatic rings. The van der Waals surface area contributed by atoms with Gasteiger partial charge in [-0.25, -0.2) is 0 Å². The Morgan fingerprint density at radius 2 is 1.52 bits per heavy atom. The molecule has 0 spiro atoms. The minimum atomic E-state index is -0.115. The van der Waals surface area contributed by atoms with Crippen LogP contribution in [0.15, 0.2) is 54.6 Å². The van der Waals surface area contributed by atoms with E-state index in [0.717, 1.165) is 19.3 Å². The zero-order valence-corrected chi connectivity index (χ0v) is 15.3. The molecule has 0 bridgehead atoms. The maximum Gasteiger partial charge on any atom is 0.305 e. The number of fused-ring (bicyclic) bond motifs is 2. The molecule has 0 fully saturated rings. The van der Waals surface area contributed by atoms with Crippen LogP contribution in [0, 0.1) is 0 Å². The molecular weight excluding hydrogens is 308 g/mol. The number of carbonyl (C=O) groups excluding carboxylic acids is 1.